The van der Waals surface area contributed by atoms with Gasteiger partial charge in [0.15, 0.2) is 11.6 Å². The number of para-hydroxylation sites is 1. The average Bonchev–Trinajstić information content (AvgIpc) is 3.83. The van der Waals surface area contributed by atoms with Crippen molar-refractivity contribution in [2.24, 2.45) is 11.8 Å². The largest absolute Gasteiger partial charge is 0.508 e. The molecule has 402 valence electrons. The number of aromatic nitrogens is 5. The number of aryl methyl sites for hydroxylation is 1. The number of ether oxygens (including phenoxy) is 1. The number of hydrogen-bond acceptors (Lipinski definition) is 14. The van der Waals surface area contributed by atoms with E-state index in [-0.39, 0.29) is 29.2 Å². The molecule has 0 atom stereocenters. The van der Waals surface area contributed by atoms with Crippen LogP contribution in [0.5, 0.6) is 17.2 Å². The van der Waals surface area contributed by atoms with Crippen LogP contribution in [0.1, 0.15) is 76.0 Å². The van der Waals surface area contributed by atoms with Gasteiger partial charge < -0.3 is 44.3 Å². The minimum absolute atomic E-state index is 0.00316. The number of piperidine rings is 2. The maximum Gasteiger partial charge on any atom is 0.348 e. The van der Waals surface area contributed by atoms with Crippen molar-refractivity contribution in [1.29, 1.82) is 0 Å². The standard InChI is InChI=1S/C58H74N12O6/c1-8-69(57-59-35-50(63(6)38-71)55(60-57)64(7)48-13-11-10-12-40(48)5)49-19-18-45(32-53(49)76-9-2)67-26-22-43(23-27-67)56(74)68-24-20-42(21-25-68)37-66-30-28-65(29-31-66)36-41-14-16-44(17-15-41)70-54(61-62-58(70)75)47-33-46(39(3)4)51(72)34-52(47)73/h10-19,32-35,38-39,42-43,72-73H,8-9,20-31,36-37H2,1-7H3,(H,62,75). The van der Waals surface area contributed by atoms with Crippen LogP contribution in [0, 0.1) is 18.8 Å². The second-order valence-corrected chi connectivity index (χ2v) is 20.8. The number of carbonyl (C=O) groups excluding carboxylic acids is 2. The van der Waals surface area contributed by atoms with E-state index in [1.165, 1.54) is 15.5 Å². The number of benzene rings is 4. The van der Waals surface area contributed by atoms with Gasteiger partial charge in [-0.15, -0.1) is 0 Å². The molecule has 3 fully saturated rings. The first kappa shape index (κ1) is 53.4. The number of likely N-dealkylation sites (tertiary alicyclic amines) is 1. The number of nitrogens with one attached hydrogen (secondary N) is 1. The van der Waals surface area contributed by atoms with Gasteiger partial charge in [-0.05, 0) is 111 Å². The number of amides is 2. The van der Waals surface area contributed by atoms with Crippen LogP contribution in [0.3, 0.4) is 0 Å². The molecule has 3 N–H and O–H groups in total. The Morgan fingerprint density at radius 1 is 0.829 bits per heavy atom. The van der Waals surface area contributed by atoms with Gasteiger partial charge in [0.2, 0.25) is 18.3 Å². The van der Waals surface area contributed by atoms with Gasteiger partial charge in [-0.3, -0.25) is 14.5 Å². The molecule has 3 saturated heterocycles. The van der Waals surface area contributed by atoms with Gasteiger partial charge in [-0.1, -0.05) is 44.2 Å². The van der Waals surface area contributed by atoms with Gasteiger partial charge in [-0.25, -0.2) is 19.4 Å². The van der Waals surface area contributed by atoms with Crippen LogP contribution >= 0.6 is 0 Å². The highest BCUT2D eigenvalue weighted by Crippen LogP contribution is 2.41. The second kappa shape index (κ2) is 23.6. The molecule has 0 saturated carbocycles. The summed E-state index contributed by atoms with van der Waals surface area (Å²) in [5.74, 6) is 2.87. The third kappa shape index (κ3) is 11.5. The van der Waals surface area contributed by atoms with Crippen LogP contribution in [-0.2, 0) is 16.1 Å². The van der Waals surface area contributed by atoms with Crippen LogP contribution in [-0.4, -0.2) is 148 Å². The van der Waals surface area contributed by atoms with Gasteiger partial charge >= 0.3 is 5.69 Å². The van der Waals surface area contributed by atoms with Crippen LogP contribution in [0.15, 0.2) is 89.9 Å². The number of rotatable bonds is 18. The highest BCUT2D eigenvalue weighted by atomic mass is 16.5. The summed E-state index contributed by atoms with van der Waals surface area (Å²) in [6.07, 6.45) is 6.14. The summed E-state index contributed by atoms with van der Waals surface area (Å²) in [4.78, 5) is 63.8. The number of anilines is 6. The molecule has 76 heavy (non-hydrogen) atoms. The van der Waals surface area contributed by atoms with E-state index in [0.717, 1.165) is 131 Å². The summed E-state index contributed by atoms with van der Waals surface area (Å²) >= 11 is 0. The lowest BCUT2D eigenvalue weighted by atomic mass is 9.91. The molecule has 3 aliphatic rings. The SMILES string of the molecule is CCOc1cc(N2CCC(C(=O)N3CCC(CN4CCN(Cc5ccc(-n6c(-c7cc(C(C)C)c(O)cc7O)n[nH]c6=O)cc5)CC4)CC3)CC2)ccc1N(CC)c1ncc(N(C)C=O)c(N(C)c2ccccc2C)n1. The van der Waals surface area contributed by atoms with E-state index in [0.29, 0.717) is 59.2 Å². The van der Waals surface area contributed by atoms with E-state index in [1.807, 2.05) is 80.1 Å². The highest BCUT2D eigenvalue weighted by molar-refractivity contribution is 5.85. The lowest BCUT2D eigenvalue weighted by Gasteiger charge is -2.40. The van der Waals surface area contributed by atoms with Crippen LogP contribution in [0.4, 0.5) is 34.5 Å². The smallest absolute Gasteiger partial charge is 0.348 e. The quantitative estimate of drug-likeness (QED) is 0.0703. The number of phenolic OH excluding ortho intramolecular Hbond substituents is 2. The molecule has 6 aromatic rings. The van der Waals surface area contributed by atoms with Crippen LogP contribution in [0.25, 0.3) is 17.1 Å². The normalized spacial score (nSPS) is 16.1. The maximum atomic E-state index is 14.0. The fraction of sp³-hybridized carbons (Fsp3) is 0.448. The number of aromatic hydroxyl groups is 2. The number of hydrogen-bond donors (Lipinski definition) is 3. The van der Waals surface area contributed by atoms with Gasteiger partial charge in [0, 0.05) is 116 Å². The Bertz CT molecular complexity index is 3030. The van der Waals surface area contributed by atoms with Crippen LogP contribution in [0.2, 0.25) is 0 Å². The Morgan fingerprint density at radius 2 is 1.53 bits per heavy atom. The summed E-state index contributed by atoms with van der Waals surface area (Å²) in [6.45, 7) is 20.1. The van der Waals surface area contributed by atoms with Crippen molar-refractivity contribution in [3.05, 3.63) is 112 Å². The number of carbonyl (C=O) groups is 2. The number of H-pyrrole nitrogens is 1. The summed E-state index contributed by atoms with van der Waals surface area (Å²) in [5.41, 5.74) is 6.95. The summed E-state index contributed by atoms with van der Waals surface area (Å²) in [7, 11) is 3.65. The first-order chi connectivity index (χ1) is 36.7. The van der Waals surface area contributed by atoms with Crippen molar-refractivity contribution in [2.75, 3.05) is 106 Å². The molecule has 4 aromatic carbocycles. The molecular formula is C58H74N12O6. The Hall–Kier alpha value is -7.44. The molecule has 0 unspecified atom stereocenters. The maximum absolute atomic E-state index is 14.0. The molecule has 5 heterocycles. The van der Waals surface area contributed by atoms with Gasteiger partial charge in [0.05, 0.1) is 29.7 Å². The van der Waals surface area contributed by atoms with E-state index in [2.05, 4.69) is 67.9 Å². The first-order valence-corrected chi connectivity index (χ1v) is 26.9. The number of aromatic amines is 1. The molecule has 3 aliphatic heterocycles. The highest BCUT2D eigenvalue weighted by Gasteiger charge is 2.33. The minimum Gasteiger partial charge on any atom is -0.508 e. The van der Waals surface area contributed by atoms with E-state index >= 15 is 0 Å². The molecule has 2 amide bonds. The topological polar surface area (TPSA) is 183 Å². The molecule has 0 aliphatic carbocycles. The van der Waals surface area contributed by atoms with Gasteiger partial charge in [0.25, 0.3) is 0 Å². The van der Waals surface area contributed by atoms with Crippen molar-refractivity contribution < 1.29 is 24.5 Å². The first-order valence-electron chi connectivity index (χ1n) is 26.9. The number of nitrogens with zero attached hydrogens (tertiary/aromatic N) is 11. The zero-order valence-corrected chi connectivity index (χ0v) is 45.2. The fourth-order valence-electron chi connectivity index (χ4n) is 11.1. The van der Waals surface area contributed by atoms with Crippen molar-refractivity contribution in [2.45, 2.75) is 72.8 Å². The molecule has 0 bridgehead atoms. The third-order valence-corrected chi connectivity index (χ3v) is 15.6. The Labute approximate surface area is 446 Å². The molecule has 18 nitrogen and oxygen atoms in total. The Kier molecular flexibility index (Phi) is 16.6. The number of phenols is 2. The number of piperazine rings is 1. The molecule has 0 radical (unpaired) electrons. The zero-order valence-electron chi connectivity index (χ0n) is 45.2. The monoisotopic (exact) mass is 1030 g/mol. The van der Waals surface area contributed by atoms with E-state index in [4.69, 9.17) is 14.7 Å². The summed E-state index contributed by atoms with van der Waals surface area (Å²) in [6, 6.07) is 25.3. The Morgan fingerprint density at radius 3 is 2.20 bits per heavy atom. The van der Waals surface area contributed by atoms with E-state index in [9.17, 15) is 24.6 Å². The minimum atomic E-state index is -0.413. The second-order valence-electron chi connectivity index (χ2n) is 20.8. The predicted octanol–water partition coefficient (Wildman–Crippen LogP) is 8.05. The van der Waals surface area contributed by atoms with Crippen LogP contribution < -0.4 is 30.0 Å². The van der Waals surface area contributed by atoms with E-state index in [1.54, 1.807) is 19.3 Å². The molecule has 9 rings (SSSR count). The average molecular weight is 1040 g/mol. The van der Waals surface area contributed by atoms with Gasteiger partial charge in [-0.2, -0.15) is 10.1 Å². The van der Waals surface area contributed by atoms with Crippen molar-refractivity contribution >= 4 is 46.8 Å². The summed E-state index contributed by atoms with van der Waals surface area (Å²) in [5, 5.41) is 27.9. The van der Waals surface area contributed by atoms with Crippen molar-refractivity contribution in [1.82, 2.24) is 39.4 Å². The predicted molar refractivity (Wildman–Crippen MR) is 299 cm³/mol. The third-order valence-electron chi connectivity index (χ3n) is 15.6. The molecule has 2 aromatic heterocycles. The van der Waals surface area contributed by atoms with Crippen molar-refractivity contribution in [3.8, 4) is 34.3 Å². The lowest BCUT2D eigenvalue weighted by molar-refractivity contribution is -0.137. The van der Waals surface area contributed by atoms with Gasteiger partial charge in [0.1, 0.15) is 22.9 Å². The lowest BCUT2D eigenvalue weighted by Crippen LogP contribution is -2.49. The van der Waals surface area contributed by atoms with E-state index < -0.39 is 5.69 Å². The molecule has 0 spiro atoms. The zero-order chi connectivity index (χ0) is 53.6. The molecule has 18 heteroatoms. The fourth-order valence-corrected chi connectivity index (χ4v) is 11.1. The van der Waals surface area contributed by atoms with Crippen molar-refractivity contribution in [3.63, 3.8) is 0 Å². The summed E-state index contributed by atoms with van der Waals surface area (Å²) < 4.78 is 7.75. The Balaban J connectivity index is 0.742. The molecular weight excluding hydrogens is 961 g/mol.